The summed E-state index contributed by atoms with van der Waals surface area (Å²) in [6, 6.07) is 0.622. The van der Waals surface area contributed by atoms with Gasteiger partial charge in [-0.15, -0.1) is 0 Å². The lowest BCUT2D eigenvalue weighted by Gasteiger charge is -2.01. The molecule has 82 valence electrons. The summed E-state index contributed by atoms with van der Waals surface area (Å²) in [6.45, 7) is 1.67. The highest BCUT2D eigenvalue weighted by Crippen LogP contribution is 2.01. The summed E-state index contributed by atoms with van der Waals surface area (Å²) in [7, 11) is -4.90. The fourth-order valence-corrected chi connectivity index (χ4v) is 2.18. The Bertz CT molecular complexity index is 312. The maximum Gasteiger partial charge on any atom is 0.273 e. The van der Waals surface area contributed by atoms with Crippen LogP contribution in [0, 0.1) is 0 Å². The zero-order valence-electron chi connectivity index (χ0n) is 8.37. The molecule has 7 heteroatoms. The third-order valence-electron chi connectivity index (χ3n) is 1.48. The molecule has 0 unspecified atom stereocenters. The molecule has 0 saturated carbocycles. The lowest BCUT2D eigenvalue weighted by molar-refractivity contribution is -0.119. The van der Waals surface area contributed by atoms with E-state index in [1.807, 2.05) is 4.72 Å². The van der Waals surface area contributed by atoms with Crippen LogP contribution >= 0.6 is 0 Å². The number of nitrogens with one attached hydrogen (secondary N) is 1. The Balaban J connectivity index is 3.61. The Morgan fingerprint density at radius 2 is 1.93 bits per heavy atom. The average Bonchev–Trinajstić information content (AvgIpc) is 1.94. The van der Waals surface area contributed by atoms with Gasteiger partial charge in [-0.1, -0.05) is 0 Å². The van der Waals surface area contributed by atoms with Crippen molar-refractivity contribution < 1.29 is 17.7 Å². The van der Waals surface area contributed by atoms with Crippen molar-refractivity contribution >= 4 is 24.6 Å². The molecule has 0 aromatic rings. The molecule has 0 fully saturated rings. The second-order valence-electron chi connectivity index (χ2n) is 3.21. The molecule has 5 nitrogen and oxygen atoms in total. The van der Waals surface area contributed by atoms with Crippen LogP contribution < -0.4 is 4.72 Å². The van der Waals surface area contributed by atoms with Crippen LogP contribution in [0.5, 0.6) is 0 Å². The first-order valence-corrected chi connectivity index (χ1v) is 8.32. The van der Waals surface area contributed by atoms with Gasteiger partial charge >= 0.3 is 0 Å². The zero-order valence-corrected chi connectivity index (χ0v) is 10.2. The molecule has 0 aliphatic carbocycles. The third-order valence-corrected chi connectivity index (χ3v) is 3.14. The van der Waals surface area contributed by atoms with Crippen molar-refractivity contribution in [1.82, 2.24) is 4.72 Å². The van der Waals surface area contributed by atoms with Gasteiger partial charge < -0.3 is 4.46 Å². The number of carbonyl (C=O) groups is 1. The summed E-state index contributed by atoms with van der Waals surface area (Å²) in [5.41, 5.74) is 0. The number of carbonyl (C=O) groups excluding carboxylic acids is 1. The molecule has 0 aliphatic heterocycles. The molecule has 0 spiro atoms. The van der Waals surface area contributed by atoms with Gasteiger partial charge in [0.2, 0.25) is 15.9 Å². The summed E-state index contributed by atoms with van der Waals surface area (Å²) >= 11 is 0. The second-order valence-corrected chi connectivity index (χ2v) is 6.86. The predicted octanol–water partition coefficient (Wildman–Crippen LogP) is 0.284. The van der Waals surface area contributed by atoms with E-state index >= 15 is 0 Å². The molecule has 0 saturated heterocycles. The summed E-state index contributed by atoms with van der Waals surface area (Å²) in [5, 5.41) is 0. The van der Waals surface area contributed by atoms with E-state index in [9.17, 15) is 17.7 Å². The number of rotatable bonds is 6. The average molecular weight is 237 g/mol. The minimum absolute atomic E-state index is 0.169. The molecule has 0 aromatic carbocycles. The van der Waals surface area contributed by atoms with Crippen molar-refractivity contribution in [3.8, 4) is 0 Å². The number of unbranched alkanes of at least 4 members (excludes halogenated alkanes) is 1. The van der Waals surface area contributed by atoms with Crippen LogP contribution in [0.1, 0.15) is 19.3 Å². The summed E-state index contributed by atoms with van der Waals surface area (Å²) in [4.78, 5) is 10.9. The fraction of sp³-hybridized carbons (Fsp3) is 0.857. The SMILES string of the molecule is C[Si](=O)CCCCC(=O)NS(C)(=O)=O. The summed E-state index contributed by atoms with van der Waals surface area (Å²) in [6.07, 6.45) is 2.38. The molecule has 1 N–H and O–H groups in total. The maximum atomic E-state index is 10.9. The zero-order chi connectivity index (χ0) is 11.2. The third kappa shape index (κ3) is 9.52. The van der Waals surface area contributed by atoms with Crippen molar-refractivity contribution in [2.45, 2.75) is 31.9 Å². The summed E-state index contributed by atoms with van der Waals surface area (Å²) < 4.78 is 33.8. The van der Waals surface area contributed by atoms with Crippen LogP contribution in [0.4, 0.5) is 0 Å². The van der Waals surface area contributed by atoms with Crippen LogP contribution in [-0.2, 0) is 19.3 Å². The molecule has 0 radical (unpaired) electrons. The molecule has 0 aromatic heterocycles. The largest absolute Gasteiger partial charge is 0.389 e. The minimum atomic E-state index is -3.43. The highest BCUT2D eigenvalue weighted by molar-refractivity contribution is 7.89. The highest BCUT2D eigenvalue weighted by Gasteiger charge is 2.07. The first-order chi connectivity index (χ1) is 6.31. The fourth-order valence-electron chi connectivity index (χ4n) is 0.917. The molecular weight excluding hydrogens is 222 g/mol. The van der Waals surface area contributed by atoms with Crippen LogP contribution in [-0.4, -0.2) is 29.3 Å². The van der Waals surface area contributed by atoms with E-state index in [1.54, 1.807) is 6.55 Å². The lowest BCUT2D eigenvalue weighted by atomic mass is 10.2. The van der Waals surface area contributed by atoms with E-state index in [0.717, 1.165) is 6.26 Å². The van der Waals surface area contributed by atoms with Crippen molar-refractivity contribution in [3.63, 3.8) is 0 Å². The quantitative estimate of drug-likeness (QED) is 0.531. The van der Waals surface area contributed by atoms with E-state index < -0.39 is 24.6 Å². The maximum absolute atomic E-state index is 10.9. The Kier molecular flexibility index (Phi) is 5.78. The molecule has 0 aliphatic rings. The van der Waals surface area contributed by atoms with Gasteiger partial charge in [-0.25, -0.2) is 8.42 Å². The van der Waals surface area contributed by atoms with Gasteiger partial charge in [0.05, 0.1) is 6.26 Å². The van der Waals surface area contributed by atoms with E-state index in [4.69, 9.17) is 0 Å². The van der Waals surface area contributed by atoms with E-state index in [-0.39, 0.29) is 6.42 Å². The van der Waals surface area contributed by atoms with Gasteiger partial charge in [0, 0.05) is 6.42 Å². The molecule has 0 heterocycles. The first-order valence-electron chi connectivity index (χ1n) is 4.31. The molecule has 0 bridgehead atoms. The molecule has 1 amide bonds. The minimum Gasteiger partial charge on any atom is -0.389 e. The Morgan fingerprint density at radius 3 is 2.36 bits per heavy atom. The van der Waals surface area contributed by atoms with Gasteiger partial charge in [0.15, 0.2) is 0 Å². The van der Waals surface area contributed by atoms with Crippen molar-refractivity contribution in [2.75, 3.05) is 6.26 Å². The lowest BCUT2D eigenvalue weighted by Crippen LogP contribution is -2.28. The van der Waals surface area contributed by atoms with Crippen LogP contribution in [0.3, 0.4) is 0 Å². The highest BCUT2D eigenvalue weighted by atomic mass is 32.2. The van der Waals surface area contributed by atoms with Gasteiger partial charge in [0.1, 0.15) is 0 Å². The number of amides is 1. The van der Waals surface area contributed by atoms with E-state index in [0.29, 0.717) is 18.9 Å². The second kappa shape index (κ2) is 6.02. The van der Waals surface area contributed by atoms with Gasteiger partial charge in [-0.2, -0.15) is 0 Å². The molecule has 0 rings (SSSR count). The smallest absolute Gasteiger partial charge is 0.273 e. The monoisotopic (exact) mass is 237 g/mol. The van der Waals surface area contributed by atoms with Gasteiger partial charge in [0.25, 0.3) is 8.68 Å². The molecule has 14 heavy (non-hydrogen) atoms. The normalized spacial score (nSPS) is 11.0. The van der Waals surface area contributed by atoms with Crippen molar-refractivity contribution in [3.05, 3.63) is 0 Å². The summed E-state index contributed by atoms with van der Waals surface area (Å²) in [5.74, 6) is -0.497. The Morgan fingerprint density at radius 1 is 1.36 bits per heavy atom. The molecule has 0 atom stereocenters. The van der Waals surface area contributed by atoms with Crippen LogP contribution in [0.25, 0.3) is 0 Å². The number of hydrogen-bond donors (Lipinski definition) is 1. The Hall–Kier alpha value is -0.563. The van der Waals surface area contributed by atoms with E-state index in [1.165, 1.54) is 0 Å². The van der Waals surface area contributed by atoms with Crippen LogP contribution in [0.2, 0.25) is 12.6 Å². The standard InChI is InChI=1S/C7H15NO4SSi/c1-13(10,11)8-7(9)5-3-4-6-14(2)12/h3-6H2,1-2H3,(H,8,9). The van der Waals surface area contributed by atoms with Gasteiger partial charge in [-0.05, 0) is 25.4 Å². The van der Waals surface area contributed by atoms with Crippen molar-refractivity contribution in [1.29, 1.82) is 0 Å². The number of hydrogen-bond acceptors (Lipinski definition) is 4. The Labute approximate surface area is 85.6 Å². The van der Waals surface area contributed by atoms with E-state index in [2.05, 4.69) is 0 Å². The topological polar surface area (TPSA) is 80.3 Å². The van der Waals surface area contributed by atoms with Crippen molar-refractivity contribution in [2.24, 2.45) is 0 Å². The predicted molar refractivity (Wildman–Crippen MR) is 53.9 cm³/mol. The van der Waals surface area contributed by atoms with Gasteiger partial charge in [-0.3, -0.25) is 9.52 Å². The number of sulfonamides is 1. The van der Waals surface area contributed by atoms with Crippen LogP contribution in [0.15, 0.2) is 0 Å². The molecular formula is C7H15NO4SSi. The first kappa shape index (κ1) is 13.4.